The van der Waals surface area contributed by atoms with E-state index in [1.165, 1.54) is 43.2 Å². The number of nitrogens with zero attached hydrogens (tertiary/aromatic N) is 2. The number of ether oxygens (including phenoxy) is 3. The maximum Gasteiger partial charge on any atom is 0.413 e. The number of fused-ring (bicyclic) bond motifs is 12. The zero-order valence-corrected chi connectivity index (χ0v) is 56.1. The molecule has 10 aliphatic carbocycles. The van der Waals surface area contributed by atoms with E-state index in [-0.39, 0.29) is 96.1 Å². The number of amides is 2. The second-order valence-corrected chi connectivity index (χ2v) is 31.3. The van der Waals surface area contributed by atoms with Gasteiger partial charge in [-0.05, 0) is 256 Å². The Kier molecular flexibility index (Phi) is 22.0. The Morgan fingerprint density at radius 1 is 0.560 bits per heavy atom. The van der Waals surface area contributed by atoms with Crippen molar-refractivity contribution in [2.45, 2.75) is 232 Å². The number of halogens is 1. The van der Waals surface area contributed by atoms with Gasteiger partial charge < -0.3 is 39.7 Å². The topological polar surface area (TPSA) is 204 Å². The Balaban J connectivity index is 0.000000167. The number of benzene rings is 2. The maximum absolute atomic E-state index is 12.9. The highest BCUT2D eigenvalue weighted by molar-refractivity contribution is 6.17. The maximum atomic E-state index is 12.9. The Bertz CT molecular complexity index is 2960. The van der Waals surface area contributed by atoms with Gasteiger partial charge in [-0.2, -0.15) is 0 Å². The Morgan fingerprint density at radius 2 is 0.978 bits per heavy atom. The second kappa shape index (κ2) is 29.0. The minimum atomic E-state index is -0.684. The van der Waals surface area contributed by atoms with Crippen LogP contribution >= 0.6 is 11.6 Å². The molecule has 8 saturated carbocycles. The lowest BCUT2D eigenvalue weighted by Gasteiger charge is -2.62. The molecule has 0 aliphatic heterocycles. The third kappa shape index (κ3) is 13.9. The Morgan fingerprint density at radius 3 is 1.42 bits per heavy atom. The SMILES string of the molecule is C#CCN(C(=O)OCCl)[C@@H]1CCc2ccccc21.C#CCN(C(=O)OCOC(=O)CC[C@@H](C)C1CCC2C3C(CC[C@@]21C)[C@@]1(C)CC[C@@H](O)C[C@H]1C[C@@H]3O)[C@@H]1CCc2ccccc21.C[C@H](CCC(=O)O)C1CCC2C3C(CC[C@@]21C)[C@@]1(C)CC[C@@H](O)C[C@H]1C[C@@H]3O. The standard InChI is InChI=1S/C38H53NO6.C24H40O4.C14H14ClNO2/c1-5-20-39(32-14-11-25-8-6-7-9-28(25)32)36(43)45-23-44-34(42)15-10-24(2)29-12-13-30-35-31(17-19-38(29,30)4)37(3)18-16-27(40)21-26(37)22-33(35)41;1-14(4-7-21(27)28)17-5-6-18-22-19(9-11-24(17,18)3)23(2)10-8-16(25)12-15(23)13-20(22)26;1-2-9-16(14(17)18-10-15)13-8-7-11-5-3-4-6-12(11)13/h1,6-9,24,26-27,29-33,35,40-41H,10-23H2,2-4H3;14-20,22,25-26H,4-13H2,1-3H3,(H,27,28);1,3-6,13H,7-10H2/t24-,26+,27-,29?,30?,31?,32-,33+,35?,37+,38-;14-,15+,16-,17?,18?,19?,20+,22?,23+,24-;13-/m111/s1. The van der Waals surface area contributed by atoms with Gasteiger partial charge in [0.15, 0.2) is 6.07 Å². The predicted molar refractivity (Wildman–Crippen MR) is 350 cm³/mol. The van der Waals surface area contributed by atoms with E-state index in [0.717, 1.165) is 120 Å². The summed E-state index contributed by atoms with van der Waals surface area (Å²) in [5.41, 5.74) is 5.64. The molecular weight excluding hydrogens is 1170 g/mol. The first-order chi connectivity index (χ1) is 43.5. The van der Waals surface area contributed by atoms with Gasteiger partial charge in [0.1, 0.15) is 0 Å². The molecule has 22 atom stereocenters. The summed E-state index contributed by atoms with van der Waals surface area (Å²) in [6, 6.07) is 15.9. The van der Waals surface area contributed by atoms with E-state index in [0.29, 0.717) is 71.0 Å². The summed E-state index contributed by atoms with van der Waals surface area (Å²) in [5.74, 6) is 9.72. The van der Waals surface area contributed by atoms with Crippen molar-refractivity contribution in [2.75, 3.05) is 25.9 Å². The van der Waals surface area contributed by atoms with Crippen LogP contribution in [0.3, 0.4) is 0 Å². The summed E-state index contributed by atoms with van der Waals surface area (Å²) in [5, 5.41) is 52.4. The number of esters is 1. The van der Waals surface area contributed by atoms with Crippen LogP contribution in [0, 0.1) is 117 Å². The van der Waals surface area contributed by atoms with Gasteiger partial charge in [0.25, 0.3) is 0 Å². The summed E-state index contributed by atoms with van der Waals surface area (Å²) in [6.07, 6.45) is 31.3. The van der Waals surface area contributed by atoms with Crippen molar-refractivity contribution in [3.05, 3.63) is 70.8 Å². The zero-order valence-electron chi connectivity index (χ0n) is 55.3. The van der Waals surface area contributed by atoms with Crippen LogP contribution in [0.25, 0.3) is 0 Å². The lowest BCUT2D eigenvalue weighted by molar-refractivity contribution is -0.174. The molecule has 0 saturated heterocycles. The monoisotopic (exact) mass is 1270 g/mol. The zero-order chi connectivity index (χ0) is 65.2. The van der Waals surface area contributed by atoms with E-state index < -0.39 is 24.9 Å². The first kappa shape index (κ1) is 69.0. The van der Waals surface area contributed by atoms with Crippen LogP contribution in [0.2, 0.25) is 0 Å². The van der Waals surface area contributed by atoms with Crippen molar-refractivity contribution < 1.29 is 58.9 Å². The summed E-state index contributed by atoms with van der Waals surface area (Å²) < 4.78 is 15.6. The summed E-state index contributed by atoms with van der Waals surface area (Å²) in [4.78, 5) is 51.7. The first-order valence-electron chi connectivity index (χ1n) is 35.1. The fourth-order valence-corrected chi connectivity index (χ4v) is 22.5. The van der Waals surface area contributed by atoms with Gasteiger partial charge in [-0.3, -0.25) is 19.4 Å². The lowest BCUT2D eigenvalue weighted by Crippen LogP contribution is -2.58. The Hall–Kier alpha value is -4.83. The highest BCUT2D eigenvalue weighted by Crippen LogP contribution is 2.70. The van der Waals surface area contributed by atoms with Crippen molar-refractivity contribution in [1.29, 1.82) is 0 Å². The van der Waals surface area contributed by atoms with Crippen LogP contribution in [0.15, 0.2) is 48.5 Å². The molecular formula is C76H107ClN2O12. The third-order valence-corrected chi connectivity index (χ3v) is 27.1. The van der Waals surface area contributed by atoms with E-state index in [2.05, 4.69) is 65.5 Å². The first-order valence-corrected chi connectivity index (χ1v) is 35.6. The molecule has 5 N–H and O–H groups in total. The van der Waals surface area contributed by atoms with Crippen LogP contribution in [-0.2, 0) is 36.6 Å². The molecule has 15 heteroatoms. The van der Waals surface area contributed by atoms with Gasteiger partial charge in [-0.25, -0.2) is 9.59 Å². The average Bonchev–Trinajstić information content (AvgIpc) is 1.71. The predicted octanol–water partition coefficient (Wildman–Crippen LogP) is 14.1. The highest BCUT2D eigenvalue weighted by atomic mass is 35.5. The smallest absolute Gasteiger partial charge is 0.413 e. The van der Waals surface area contributed by atoms with E-state index in [4.69, 9.17) is 43.8 Å². The number of aliphatic carboxylic acids is 1. The number of carbonyl (C=O) groups is 4. The fourth-order valence-electron chi connectivity index (χ4n) is 22.4. The summed E-state index contributed by atoms with van der Waals surface area (Å²) >= 11 is 5.43. The molecule has 2 aromatic carbocycles. The minimum Gasteiger partial charge on any atom is -0.481 e. The molecule has 91 heavy (non-hydrogen) atoms. The number of aryl methyl sites for hydroxylation is 2. The second-order valence-electron chi connectivity index (χ2n) is 31.1. The molecule has 0 bridgehead atoms. The molecule has 2 aromatic rings. The average molecular weight is 1280 g/mol. The van der Waals surface area contributed by atoms with Crippen molar-refractivity contribution >= 4 is 35.7 Å². The Labute approximate surface area is 548 Å². The van der Waals surface area contributed by atoms with Gasteiger partial charge in [0.2, 0.25) is 6.79 Å². The number of hydrogen-bond acceptors (Lipinski definition) is 11. The number of terminal acetylenes is 2. The van der Waals surface area contributed by atoms with Gasteiger partial charge >= 0.3 is 24.1 Å². The van der Waals surface area contributed by atoms with Crippen LogP contribution in [-0.4, -0.2) is 110 Å². The van der Waals surface area contributed by atoms with E-state index in [1.54, 1.807) is 9.80 Å². The number of aliphatic hydroxyl groups excluding tert-OH is 4. The van der Waals surface area contributed by atoms with Crippen LogP contribution < -0.4 is 0 Å². The number of aliphatic hydroxyl groups is 4. The summed E-state index contributed by atoms with van der Waals surface area (Å²) in [6.45, 7) is 14.3. The summed E-state index contributed by atoms with van der Waals surface area (Å²) in [7, 11) is 0. The van der Waals surface area contributed by atoms with E-state index in [1.807, 2.05) is 36.4 Å². The van der Waals surface area contributed by atoms with Crippen molar-refractivity contribution in [2.24, 2.45) is 92.7 Å². The van der Waals surface area contributed by atoms with E-state index >= 15 is 0 Å². The number of carboxylic acid groups (broad SMARTS) is 1. The lowest BCUT2D eigenvalue weighted by atomic mass is 9.43. The normalized spacial score (nSPS) is 38.5. The quantitative estimate of drug-likeness (QED) is 0.0489. The molecule has 10 aliphatic rings. The van der Waals surface area contributed by atoms with Gasteiger partial charge in [-0.1, -0.05) is 114 Å². The third-order valence-electron chi connectivity index (χ3n) is 27.0. The van der Waals surface area contributed by atoms with Gasteiger partial charge in [0, 0.05) is 12.8 Å². The molecule has 0 aromatic heterocycles. The van der Waals surface area contributed by atoms with Crippen LogP contribution in [0.4, 0.5) is 9.59 Å². The molecule has 8 fully saturated rings. The minimum absolute atomic E-state index is 0.00651. The largest absolute Gasteiger partial charge is 0.481 e. The van der Waals surface area contributed by atoms with Crippen LogP contribution in [0.1, 0.15) is 217 Å². The molecule has 500 valence electrons. The molecule has 14 nitrogen and oxygen atoms in total. The molecule has 2 amide bonds. The van der Waals surface area contributed by atoms with Crippen LogP contribution in [0.5, 0.6) is 0 Å². The van der Waals surface area contributed by atoms with Crippen molar-refractivity contribution in [1.82, 2.24) is 9.80 Å². The number of carboxylic acids is 1. The fraction of sp³-hybridized carbons (Fsp3) is 0.737. The number of hydrogen-bond donors (Lipinski definition) is 5. The van der Waals surface area contributed by atoms with Crippen molar-refractivity contribution in [3.63, 3.8) is 0 Å². The van der Waals surface area contributed by atoms with Gasteiger partial charge in [0.05, 0.1) is 49.6 Å². The molecule has 0 heterocycles. The molecule has 0 radical (unpaired) electrons. The molecule has 0 spiro atoms. The number of alkyl halides is 1. The van der Waals surface area contributed by atoms with Gasteiger partial charge in [-0.15, -0.1) is 12.8 Å². The molecule has 12 rings (SSSR count). The number of rotatable bonds is 15. The van der Waals surface area contributed by atoms with E-state index in [9.17, 15) is 39.6 Å². The number of carbonyl (C=O) groups excluding carboxylic acids is 3. The molecule has 8 unspecified atom stereocenters. The van der Waals surface area contributed by atoms with Crippen molar-refractivity contribution in [3.8, 4) is 24.7 Å². The highest BCUT2D eigenvalue weighted by Gasteiger charge is 2.65.